The summed E-state index contributed by atoms with van der Waals surface area (Å²) in [6, 6.07) is 8.99. The van der Waals surface area contributed by atoms with Crippen LogP contribution >= 0.6 is 11.8 Å². The summed E-state index contributed by atoms with van der Waals surface area (Å²) in [7, 11) is 0. The van der Waals surface area contributed by atoms with Gasteiger partial charge in [0, 0.05) is 11.8 Å². The number of pyridine rings is 1. The number of ketones is 1. The first-order chi connectivity index (χ1) is 12.3. The summed E-state index contributed by atoms with van der Waals surface area (Å²) in [6.07, 6.45) is 5.02. The Labute approximate surface area is 148 Å². The zero-order chi connectivity index (χ0) is 17.1. The van der Waals surface area contributed by atoms with Crippen LogP contribution < -0.4 is 9.47 Å². The molecule has 1 aliphatic heterocycles. The van der Waals surface area contributed by atoms with Gasteiger partial charge in [0.05, 0.1) is 17.6 Å². The third-order valence-electron chi connectivity index (χ3n) is 3.64. The van der Waals surface area contributed by atoms with E-state index >= 15 is 0 Å². The van der Waals surface area contributed by atoms with Crippen molar-refractivity contribution in [3.05, 3.63) is 54.6 Å². The van der Waals surface area contributed by atoms with E-state index in [4.69, 9.17) is 9.47 Å². The molecule has 0 saturated carbocycles. The lowest BCUT2D eigenvalue weighted by atomic mass is 10.1. The quantitative estimate of drug-likeness (QED) is 0.514. The van der Waals surface area contributed by atoms with Crippen molar-refractivity contribution in [2.45, 2.75) is 5.16 Å². The highest BCUT2D eigenvalue weighted by atomic mass is 32.2. The minimum atomic E-state index is -0.0114. The van der Waals surface area contributed by atoms with Crippen molar-refractivity contribution in [1.29, 1.82) is 0 Å². The van der Waals surface area contributed by atoms with Gasteiger partial charge in [-0.2, -0.15) is 0 Å². The van der Waals surface area contributed by atoms with Crippen molar-refractivity contribution in [3.63, 3.8) is 0 Å². The van der Waals surface area contributed by atoms with E-state index in [1.54, 1.807) is 41.5 Å². The van der Waals surface area contributed by atoms with Crippen molar-refractivity contribution in [1.82, 2.24) is 19.7 Å². The third kappa shape index (κ3) is 3.34. The van der Waals surface area contributed by atoms with Gasteiger partial charge in [0.2, 0.25) is 0 Å². The molecule has 0 atom stereocenters. The largest absolute Gasteiger partial charge is 0.486 e. The molecule has 25 heavy (non-hydrogen) atoms. The molecular weight excluding hydrogens is 340 g/mol. The predicted octanol–water partition coefficient (Wildman–Crippen LogP) is 2.41. The van der Waals surface area contributed by atoms with Gasteiger partial charge >= 0.3 is 0 Å². The number of hydrogen-bond acceptors (Lipinski definition) is 7. The van der Waals surface area contributed by atoms with E-state index in [-0.39, 0.29) is 11.5 Å². The smallest absolute Gasteiger partial charge is 0.196 e. The summed E-state index contributed by atoms with van der Waals surface area (Å²) in [5, 5.41) is 8.64. The lowest BCUT2D eigenvalue weighted by Gasteiger charge is -2.18. The fourth-order valence-corrected chi connectivity index (χ4v) is 3.25. The van der Waals surface area contributed by atoms with Gasteiger partial charge in [-0.1, -0.05) is 11.8 Å². The summed E-state index contributed by atoms with van der Waals surface area (Å²) in [5.41, 5.74) is 1.44. The Morgan fingerprint density at radius 1 is 1.20 bits per heavy atom. The molecule has 0 N–H and O–H groups in total. The minimum absolute atomic E-state index is 0.0114. The second-order valence-corrected chi connectivity index (χ2v) is 6.21. The topological polar surface area (TPSA) is 79.1 Å². The van der Waals surface area contributed by atoms with Gasteiger partial charge < -0.3 is 9.47 Å². The molecule has 126 valence electrons. The Hall–Kier alpha value is -2.87. The molecule has 8 heteroatoms. The molecule has 0 unspecified atom stereocenters. The normalized spacial score (nSPS) is 12.8. The van der Waals surface area contributed by atoms with Crippen molar-refractivity contribution in [2.75, 3.05) is 19.0 Å². The summed E-state index contributed by atoms with van der Waals surface area (Å²) in [5.74, 6) is 1.52. The molecule has 3 aromatic rings. The fourth-order valence-electron chi connectivity index (χ4n) is 2.43. The molecule has 0 amide bonds. The lowest BCUT2D eigenvalue weighted by molar-refractivity contribution is 0.102. The van der Waals surface area contributed by atoms with Crippen LogP contribution in [-0.4, -0.2) is 44.5 Å². The molecule has 0 aliphatic carbocycles. The van der Waals surface area contributed by atoms with Crippen molar-refractivity contribution >= 4 is 17.5 Å². The number of thioether (sulfide) groups is 1. The van der Waals surface area contributed by atoms with Crippen LogP contribution in [0.3, 0.4) is 0 Å². The zero-order valence-electron chi connectivity index (χ0n) is 13.2. The molecule has 0 radical (unpaired) electrons. The van der Waals surface area contributed by atoms with Crippen LogP contribution in [0.5, 0.6) is 11.5 Å². The molecule has 0 spiro atoms. The Morgan fingerprint density at radius 3 is 2.92 bits per heavy atom. The van der Waals surface area contributed by atoms with E-state index < -0.39 is 0 Å². The van der Waals surface area contributed by atoms with Gasteiger partial charge in [-0.3, -0.25) is 14.3 Å². The number of aromatic nitrogens is 4. The summed E-state index contributed by atoms with van der Waals surface area (Å²) in [4.78, 5) is 16.6. The highest BCUT2D eigenvalue weighted by molar-refractivity contribution is 7.99. The number of ether oxygens (including phenoxy) is 2. The second kappa shape index (κ2) is 6.94. The number of rotatable bonds is 5. The molecular formula is C17H14N4O3S. The number of fused-ring (bicyclic) bond motifs is 1. The molecule has 4 rings (SSSR count). The fraction of sp³-hybridized carbons (Fsp3) is 0.176. The van der Waals surface area contributed by atoms with Gasteiger partial charge in [-0.15, -0.1) is 10.2 Å². The highest BCUT2D eigenvalue weighted by Gasteiger charge is 2.16. The van der Waals surface area contributed by atoms with Crippen LogP contribution in [0.15, 0.2) is 54.2 Å². The van der Waals surface area contributed by atoms with E-state index in [1.165, 1.54) is 11.8 Å². The first-order valence-corrected chi connectivity index (χ1v) is 8.66. The highest BCUT2D eigenvalue weighted by Crippen LogP contribution is 2.31. The molecule has 0 fully saturated rings. The Kier molecular flexibility index (Phi) is 4.34. The Balaban J connectivity index is 1.47. The maximum absolute atomic E-state index is 12.5. The van der Waals surface area contributed by atoms with Crippen LogP contribution in [0.1, 0.15) is 10.4 Å². The van der Waals surface area contributed by atoms with E-state index in [1.807, 2.05) is 12.1 Å². The number of Topliss-reactive ketones (excluding diaryl/α,β-unsaturated/α-hetero) is 1. The standard InChI is InChI=1S/C17H14N4O3S/c22-14(12-3-4-15-16(8-12)24-7-6-23-15)10-25-17-20-19-11-21(17)13-2-1-5-18-9-13/h1-5,8-9,11H,6-7,10H2. The van der Waals surface area contributed by atoms with Gasteiger partial charge in [0.25, 0.3) is 0 Å². The predicted molar refractivity (Wildman–Crippen MR) is 91.6 cm³/mol. The minimum Gasteiger partial charge on any atom is -0.486 e. The van der Waals surface area contributed by atoms with Crippen LogP contribution in [-0.2, 0) is 0 Å². The van der Waals surface area contributed by atoms with E-state index in [2.05, 4.69) is 15.2 Å². The number of carbonyl (C=O) groups excluding carboxylic acids is 1. The lowest BCUT2D eigenvalue weighted by Crippen LogP contribution is -2.16. The average Bonchev–Trinajstić information content (AvgIpc) is 3.15. The third-order valence-corrected chi connectivity index (χ3v) is 4.58. The van der Waals surface area contributed by atoms with Crippen LogP contribution in [0, 0.1) is 0 Å². The Bertz CT molecular complexity index is 898. The summed E-state index contributed by atoms with van der Waals surface area (Å²) < 4.78 is 12.8. The molecule has 2 aromatic heterocycles. The molecule has 0 bridgehead atoms. The molecule has 0 saturated heterocycles. The summed E-state index contributed by atoms with van der Waals surface area (Å²) >= 11 is 1.33. The van der Waals surface area contributed by atoms with Gasteiger partial charge in [0.15, 0.2) is 22.4 Å². The molecule has 7 nitrogen and oxygen atoms in total. The van der Waals surface area contributed by atoms with E-state index in [0.29, 0.717) is 35.4 Å². The van der Waals surface area contributed by atoms with Gasteiger partial charge in [-0.05, 0) is 30.3 Å². The SMILES string of the molecule is O=C(CSc1nncn1-c1cccnc1)c1ccc2c(c1)OCCO2. The average molecular weight is 354 g/mol. The maximum atomic E-state index is 12.5. The van der Waals surface area contributed by atoms with Crippen molar-refractivity contribution in [2.24, 2.45) is 0 Å². The number of nitrogens with zero attached hydrogens (tertiary/aromatic N) is 4. The van der Waals surface area contributed by atoms with Crippen molar-refractivity contribution in [3.8, 4) is 17.2 Å². The molecule has 1 aromatic carbocycles. The van der Waals surface area contributed by atoms with Crippen molar-refractivity contribution < 1.29 is 14.3 Å². The Morgan fingerprint density at radius 2 is 2.08 bits per heavy atom. The number of benzene rings is 1. The zero-order valence-corrected chi connectivity index (χ0v) is 14.0. The maximum Gasteiger partial charge on any atom is 0.196 e. The van der Waals surface area contributed by atoms with Gasteiger partial charge in [0.1, 0.15) is 19.5 Å². The first-order valence-electron chi connectivity index (χ1n) is 7.67. The molecule has 3 heterocycles. The number of hydrogen-bond donors (Lipinski definition) is 0. The monoisotopic (exact) mass is 354 g/mol. The molecule has 1 aliphatic rings. The van der Waals surface area contributed by atoms with Gasteiger partial charge in [-0.25, -0.2) is 0 Å². The van der Waals surface area contributed by atoms with Crippen LogP contribution in [0.2, 0.25) is 0 Å². The number of carbonyl (C=O) groups is 1. The first kappa shape index (κ1) is 15.6. The summed E-state index contributed by atoms with van der Waals surface area (Å²) in [6.45, 7) is 1.02. The van der Waals surface area contributed by atoms with Crippen LogP contribution in [0.4, 0.5) is 0 Å². The van der Waals surface area contributed by atoms with E-state index in [0.717, 1.165) is 5.69 Å². The second-order valence-electron chi connectivity index (χ2n) is 5.27. The van der Waals surface area contributed by atoms with Crippen LogP contribution in [0.25, 0.3) is 5.69 Å². The van der Waals surface area contributed by atoms with E-state index in [9.17, 15) is 4.79 Å².